The molecule has 19 heavy (non-hydrogen) atoms. The van der Waals surface area contributed by atoms with Crippen molar-refractivity contribution in [2.75, 3.05) is 0 Å². The Labute approximate surface area is 111 Å². The first kappa shape index (κ1) is 11.4. The molecule has 0 saturated carbocycles. The van der Waals surface area contributed by atoms with Gasteiger partial charge in [0.2, 0.25) is 0 Å². The Morgan fingerprint density at radius 1 is 0.842 bits per heavy atom. The largest absolute Gasteiger partial charge is 0.288 e. The van der Waals surface area contributed by atoms with Crippen LogP contribution in [0.3, 0.4) is 0 Å². The number of nitrogens with zero attached hydrogens (tertiary/aromatic N) is 2. The number of hydrogen-bond acceptors (Lipinski definition) is 2. The fourth-order valence-corrected chi connectivity index (χ4v) is 1.92. The molecule has 0 bridgehead atoms. The minimum atomic E-state index is -0.0113. The first-order valence-corrected chi connectivity index (χ1v) is 6.04. The van der Waals surface area contributed by atoms with Gasteiger partial charge in [-0.3, -0.25) is 4.79 Å². The molecule has 0 aliphatic rings. The number of rotatable bonds is 3. The second kappa shape index (κ2) is 4.90. The molecule has 0 amide bonds. The van der Waals surface area contributed by atoms with Gasteiger partial charge in [-0.25, -0.2) is 4.68 Å². The molecule has 3 heteroatoms. The van der Waals surface area contributed by atoms with Crippen LogP contribution in [0.25, 0.3) is 5.69 Å². The van der Waals surface area contributed by atoms with Crippen LogP contribution >= 0.6 is 0 Å². The van der Waals surface area contributed by atoms with E-state index in [0.717, 1.165) is 5.69 Å². The van der Waals surface area contributed by atoms with Crippen LogP contribution in [0.15, 0.2) is 73.1 Å². The van der Waals surface area contributed by atoms with Crippen LogP contribution in [0, 0.1) is 0 Å². The molecule has 0 N–H and O–H groups in total. The Morgan fingerprint density at radius 2 is 1.47 bits per heavy atom. The summed E-state index contributed by atoms with van der Waals surface area (Å²) in [7, 11) is 0. The molecule has 0 fully saturated rings. The molecule has 0 atom stereocenters. The van der Waals surface area contributed by atoms with Gasteiger partial charge in [0.05, 0.1) is 17.4 Å². The van der Waals surface area contributed by atoms with Gasteiger partial charge >= 0.3 is 0 Å². The third-order valence-corrected chi connectivity index (χ3v) is 2.90. The van der Waals surface area contributed by atoms with E-state index in [2.05, 4.69) is 5.10 Å². The predicted molar refractivity (Wildman–Crippen MR) is 73.4 cm³/mol. The number of hydrogen-bond donors (Lipinski definition) is 0. The SMILES string of the molecule is O=C(c1ccccc1)c1cnn(-c2ccccc2)c1. The number of ketones is 1. The van der Waals surface area contributed by atoms with Gasteiger partial charge in [0, 0.05) is 11.8 Å². The van der Waals surface area contributed by atoms with Crippen molar-refractivity contribution in [3.8, 4) is 5.69 Å². The average Bonchev–Trinajstić information content (AvgIpc) is 2.98. The summed E-state index contributed by atoms with van der Waals surface area (Å²) >= 11 is 0. The highest BCUT2D eigenvalue weighted by molar-refractivity contribution is 6.08. The average molecular weight is 248 g/mol. The van der Waals surface area contributed by atoms with Crippen LogP contribution < -0.4 is 0 Å². The molecule has 0 unspecified atom stereocenters. The standard InChI is InChI=1S/C16H12N2O/c19-16(13-7-3-1-4-8-13)14-11-17-18(12-14)15-9-5-2-6-10-15/h1-12H. The van der Waals surface area contributed by atoms with Crippen molar-refractivity contribution in [1.82, 2.24) is 9.78 Å². The zero-order chi connectivity index (χ0) is 13.1. The molecular weight excluding hydrogens is 236 g/mol. The molecule has 0 aliphatic carbocycles. The third-order valence-electron chi connectivity index (χ3n) is 2.90. The van der Waals surface area contributed by atoms with Gasteiger partial charge in [-0.05, 0) is 12.1 Å². The van der Waals surface area contributed by atoms with Gasteiger partial charge in [0.1, 0.15) is 0 Å². The lowest BCUT2D eigenvalue weighted by molar-refractivity contribution is 0.103. The molecule has 0 saturated heterocycles. The van der Waals surface area contributed by atoms with Crippen LogP contribution in [0.1, 0.15) is 15.9 Å². The first-order valence-electron chi connectivity index (χ1n) is 6.04. The smallest absolute Gasteiger partial charge is 0.196 e. The van der Waals surface area contributed by atoms with Crippen molar-refractivity contribution in [2.24, 2.45) is 0 Å². The van der Waals surface area contributed by atoms with E-state index in [1.54, 1.807) is 17.1 Å². The van der Waals surface area contributed by atoms with Crippen molar-refractivity contribution >= 4 is 5.78 Å². The van der Waals surface area contributed by atoms with E-state index in [4.69, 9.17) is 0 Å². The minimum absolute atomic E-state index is 0.0113. The highest BCUT2D eigenvalue weighted by Gasteiger charge is 2.11. The van der Waals surface area contributed by atoms with E-state index >= 15 is 0 Å². The summed E-state index contributed by atoms with van der Waals surface area (Å²) in [6.45, 7) is 0. The Morgan fingerprint density at radius 3 is 2.16 bits per heavy atom. The van der Waals surface area contributed by atoms with Crippen LogP contribution in [0.4, 0.5) is 0 Å². The monoisotopic (exact) mass is 248 g/mol. The Balaban J connectivity index is 1.92. The lowest BCUT2D eigenvalue weighted by atomic mass is 10.1. The molecular formula is C16H12N2O. The fourth-order valence-electron chi connectivity index (χ4n) is 1.92. The number of aromatic nitrogens is 2. The number of carbonyl (C=O) groups excluding carboxylic acids is 1. The van der Waals surface area contributed by atoms with E-state index in [9.17, 15) is 4.79 Å². The minimum Gasteiger partial charge on any atom is -0.288 e. The van der Waals surface area contributed by atoms with Crippen molar-refractivity contribution in [2.45, 2.75) is 0 Å². The number of para-hydroxylation sites is 1. The van der Waals surface area contributed by atoms with Gasteiger partial charge in [0.15, 0.2) is 5.78 Å². The van der Waals surface area contributed by atoms with Gasteiger partial charge in [-0.15, -0.1) is 0 Å². The maximum absolute atomic E-state index is 12.2. The molecule has 3 aromatic rings. The normalized spacial score (nSPS) is 10.3. The Hall–Kier alpha value is -2.68. The maximum atomic E-state index is 12.2. The van der Waals surface area contributed by atoms with Crippen LogP contribution in [0.5, 0.6) is 0 Å². The topological polar surface area (TPSA) is 34.9 Å². The van der Waals surface area contributed by atoms with Crippen molar-refractivity contribution in [3.63, 3.8) is 0 Å². The van der Waals surface area contributed by atoms with Gasteiger partial charge in [0.25, 0.3) is 0 Å². The molecule has 1 aromatic heterocycles. The van der Waals surface area contributed by atoms with Crippen LogP contribution in [-0.4, -0.2) is 15.6 Å². The zero-order valence-electron chi connectivity index (χ0n) is 10.2. The summed E-state index contributed by atoms with van der Waals surface area (Å²) in [4.78, 5) is 12.2. The summed E-state index contributed by atoms with van der Waals surface area (Å²) in [6, 6.07) is 18.9. The van der Waals surface area contributed by atoms with Gasteiger partial charge in [-0.2, -0.15) is 5.10 Å². The van der Waals surface area contributed by atoms with Crippen LogP contribution in [0.2, 0.25) is 0 Å². The van der Waals surface area contributed by atoms with Crippen LogP contribution in [-0.2, 0) is 0 Å². The van der Waals surface area contributed by atoms with Gasteiger partial charge in [-0.1, -0.05) is 48.5 Å². The molecule has 3 nitrogen and oxygen atoms in total. The molecule has 3 rings (SSSR count). The summed E-state index contributed by atoms with van der Waals surface area (Å²) < 4.78 is 1.70. The lowest BCUT2D eigenvalue weighted by Crippen LogP contribution is -1.99. The second-order valence-electron chi connectivity index (χ2n) is 4.20. The maximum Gasteiger partial charge on any atom is 0.196 e. The van der Waals surface area contributed by atoms with E-state index in [1.165, 1.54) is 0 Å². The molecule has 2 aromatic carbocycles. The predicted octanol–water partition coefficient (Wildman–Crippen LogP) is 3.10. The molecule has 1 heterocycles. The van der Waals surface area contributed by atoms with Crippen molar-refractivity contribution in [3.05, 3.63) is 84.2 Å². The first-order chi connectivity index (χ1) is 9.34. The Kier molecular flexibility index (Phi) is 2.94. The summed E-state index contributed by atoms with van der Waals surface area (Å²) in [5, 5.41) is 4.23. The molecule has 92 valence electrons. The van der Waals surface area contributed by atoms with Gasteiger partial charge < -0.3 is 0 Å². The summed E-state index contributed by atoms with van der Waals surface area (Å²) in [5.41, 5.74) is 2.21. The van der Waals surface area contributed by atoms with E-state index < -0.39 is 0 Å². The zero-order valence-corrected chi connectivity index (χ0v) is 10.2. The van der Waals surface area contributed by atoms with E-state index in [-0.39, 0.29) is 5.78 Å². The summed E-state index contributed by atoms with van der Waals surface area (Å²) in [6.07, 6.45) is 3.35. The van der Waals surface area contributed by atoms with E-state index in [1.807, 2.05) is 60.7 Å². The Bertz CT molecular complexity index is 687. The summed E-state index contributed by atoms with van der Waals surface area (Å²) in [5.74, 6) is -0.0113. The highest BCUT2D eigenvalue weighted by atomic mass is 16.1. The molecule has 0 radical (unpaired) electrons. The number of carbonyl (C=O) groups is 1. The molecule has 0 spiro atoms. The lowest BCUT2D eigenvalue weighted by Gasteiger charge is -1.99. The van der Waals surface area contributed by atoms with Crippen molar-refractivity contribution < 1.29 is 4.79 Å². The molecule has 0 aliphatic heterocycles. The number of benzene rings is 2. The highest BCUT2D eigenvalue weighted by Crippen LogP contribution is 2.12. The van der Waals surface area contributed by atoms with E-state index in [0.29, 0.717) is 11.1 Å². The van der Waals surface area contributed by atoms with Crippen molar-refractivity contribution in [1.29, 1.82) is 0 Å². The fraction of sp³-hybridized carbons (Fsp3) is 0. The quantitative estimate of drug-likeness (QED) is 0.667. The third kappa shape index (κ3) is 2.31. The second-order valence-corrected chi connectivity index (χ2v) is 4.20.